The Morgan fingerprint density at radius 2 is 1.97 bits per heavy atom. The molecule has 1 saturated carbocycles. The topological polar surface area (TPSA) is 90.9 Å². The molecule has 0 spiro atoms. The predicted octanol–water partition coefficient (Wildman–Crippen LogP) is 2.67. The number of halogens is 2. The van der Waals surface area contributed by atoms with E-state index in [-0.39, 0.29) is 38.9 Å². The summed E-state index contributed by atoms with van der Waals surface area (Å²) in [6.07, 6.45) is 2.23. The molecule has 2 aliphatic rings. The Morgan fingerprint density at radius 3 is 2.66 bits per heavy atom. The molecule has 5 rings (SSSR count). The molecule has 1 aromatic carbocycles. The van der Waals surface area contributed by atoms with Gasteiger partial charge >= 0.3 is 0 Å². The summed E-state index contributed by atoms with van der Waals surface area (Å²) in [6.45, 7) is 3.44. The van der Waals surface area contributed by atoms with E-state index in [1.807, 2.05) is 4.90 Å². The second-order valence-electron chi connectivity index (χ2n) is 8.28. The maximum atomic E-state index is 14.9. The fourth-order valence-electron chi connectivity index (χ4n) is 4.19. The van der Waals surface area contributed by atoms with Crippen molar-refractivity contribution in [1.82, 2.24) is 24.4 Å². The van der Waals surface area contributed by atoms with E-state index in [9.17, 15) is 14.4 Å². The van der Waals surface area contributed by atoms with Gasteiger partial charge in [-0.1, -0.05) is 11.6 Å². The molecule has 0 amide bonds. The van der Waals surface area contributed by atoms with Crippen molar-refractivity contribution in [3.8, 4) is 17.3 Å². The molecule has 32 heavy (non-hydrogen) atoms. The fourth-order valence-corrected chi connectivity index (χ4v) is 4.35. The van der Waals surface area contributed by atoms with Crippen molar-refractivity contribution in [1.29, 1.82) is 5.26 Å². The van der Waals surface area contributed by atoms with E-state index in [0.717, 1.165) is 12.8 Å². The number of anilines is 1. The zero-order chi connectivity index (χ0) is 22.6. The maximum Gasteiger partial charge on any atom is 0.279 e. The van der Waals surface area contributed by atoms with Crippen LogP contribution in [0.4, 0.5) is 10.3 Å². The summed E-state index contributed by atoms with van der Waals surface area (Å²) in [5.41, 5.74) is 0.449. The van der Waals surface area contributed by atoms with Crippen LogP contribution < -0.4 is 10.5 Å². The Morgan fingerprint density at radius 1 is 1.19 bits per heavy atom. The third-order valence-electron chi connectivity index (χ3n) is 6.19. The molecule has 1 aliphatic carbocycles. The lowest BCUT2D eigenvalue weighted by Gasteiger charge is -2.38. The van der Waals surface area contributed by atoms with Gasteiger partial charge in [0, 0.05) is 43.3 Å². The summed E-state index contributed by atoms with van der Waals surface area (Å²) in [6, 6.07) is 6.87. The van der Waals surface area contributed by atoms with Crippen LogP contribution in [0.15, 0.2) is 23.0 Å². The van der Waals surface area contributed by atoms with Crippen molar-refractivity contribution in [3.63, 3.8) is 0 Å². The second-order valence-corrected chi connectivity index (χ2v) is 8.71. The zero-order valence-corrected chi connectivity index (χ0v) is 18.5. The number of nitriles is 1. The first kappa shape index (κ1) is 20.8. The van der Waals surface area contributed by atoms with Crippen LogP contribution in [0, 0.1) is 24.1 Å². The SMILES string of the molecule is Cc1nc2c(-c3ccc(Cl)cc3F)nc(N3CCN(C4CC4)C(C#N)C3)nc2c(=O)n1C. The van der Waals surface area contributed by atoms with Gasteiger partial charge in [0.1, 0.15) is 28.9 Å². The maximum absolute atomic E-state index is 14.9. The minimum atomic E-state index is -0.558. The molecule has 10 heteroatoms. The first-order valence-electron chi connectivity index (χ1n) is 10.5. The van der Waals surface area contributed by atoms with E-state index in [2.05, 4.69) is 25.9 Å². The summed E-state index contributed by atoms with van der Waals surface area (Å²) in [4.78, 5) is 30.8. The molecule has 164 valence electrons. The molecule has 1 unspecified atom stereocenters. The number of fused-ring (bicyclic) bond motifs is 1. The Hall–Kier alpha value is -3.09. The smallest absolute Gasteiger partial charge is 0.279 e. The molecular weight excluding hydrogens is 433 g/mol. The van der Waals surface area contributed by atoms with E-state index in [4.69, 9.17) is 11.6 Å². The third-order valence-corrected chi connectivity index (χ3v) is 6.43. The standard InChI is InChI=1S/C22H21ClFN7O/c1-12-26-19-18(16-6-3-13(23)9-17(16)24)27-22(28-20(19)21(32)29(12)2)30-7-8-31(14-4-5-14)15(10-25)11-30/h3,6,9,14-15H,4-5,7-8,11H2,1-2H3. The molecule has 3 heterocycles. The van der Waals surface area contributed by atoms with Gasteiger partial charge in [-0.25, -0.2) is 19.3 Å². The number of piperazine rings is 1. The molecule has 8 nitrogen and oxygen atoms in total. The second kappa shape index (κ2) is 7.80. The third kappa shape index (κ3) is 3.49. The largest absolute Gasteiger partial charge is 0.337 e. The highest BCUT2D eigenvalue weighted by atomic mass is 35.5. The molecule has 0 N–H and O–H groups in total. The van der Waals surface area contributed by atoms with E-state index < -0.39 is 5.82 Å². The van der Waals surface area contributed by atoms with Crippen LogP contribution in [0.25, 0.3) is 22.3 Å². The van der Waals surface area contributed by atoms with Crippen LogP contribution in [0.3, 0.4) is 0 Å². The van der Waals surface area contributed by atoms with Crippen LogP contribution in [0.2, 0.25) is 5.02 Å². The summed E-state index contributed by atoms with van der Waals surface area (Å²) < 4.78 is 16.3. The number of nitrogens with zero attached hydrogens (tertiary/aromatic N) is 7. The number of rotatable bonds is 3. The average molecular weight is 454 g/mol. The summed E-state index contributed by atoms with van der Waals surface area (Å²) in [5, 5.41) is 9.96. The molecule has 2 fully saturated rings. The molecule has 1 aliphatic heterocycles. The lowest BCUT2D eigenvalue weighted by molar-refractivity contribution is 0.203. The van der Waals surface area contributed by atoms with Gasteiger partial charge in [0.2, 0.25) is 5.95 Å². The number of benzene rings is 1. The molecule has 0 bridgehead atoms. The van der Waals surface area contributed by atoms with Gasteiger partial charge in [-0.3, -0.25) is 14.3 Å². The summed E-state index contributed by atoms with van der Waals surface area (Å²) in [7, 11) is 1.62. The van der Waals surface area contributed by atoms with Crippen LogP contribution in [0.1, 0.15) is 18.7 Å². The number of hydrogen-bond acceptors (Lipinski definition) is 7. The van der Waals surface area contributed by atoms with Gasteiger partial charge in [0.15, 0.2) is 5.52 Å². The lowest BCUT2D eigenvalue weighted by atomic mass is 10.1. The average Bonchev–Trinajstić information content (AvgIpc) is 3.62. The van der Waals surface area contributed by atoms with Gasteiger partial charge in [-0.2, -0.15) is 5.26 Å². The van der Waals surface area contributed by atoms with Crippen molar-refractivity contribution in [3.05, 3.63) is 45.2 Å². The van der Waals surface area contributed by atoms with Crippen LogP contribution in [-0.4, -0.2) is 56.1 Å². The fraction of sp³-hybridized carbons (Fsp3) is 0.409. The zero-order valence-electron chi connectivity index (χ0n) is 17.7. The molecule has 2 aromatic heterocycles. The van der Waals surface area contributed by atoms with E-state index in [0.29, 0.717) is 37.4 Å². The predicted molar refractivity (Wildman–Crippen MR) is 119 cm³/mol. The Kier molecular flexibility index (Phi) is 5.07. The highest BCUT2D eigenvalue weighted by Gasteiger charge is 2.38. The van der Waals surface area contributed by atoms with E-state index in [1.54, 1.807) is 20.0 Å². The summed E-state index contributed by atoms with van der Waals surface area (Å²) >= 11 is 5.94. The van der Waals surface area contributed by atoms with Gasteiger partial charge in [0.05, 0.1) is 6.07 Å². The van der Waals surface area contributed by atoms with Crippen LogP contribution >= 0.6 is 11.6 Å². The monoisotopic (exact) mass is 453 g/mol. The number of aromatic nitrogens is 4. The first-order chi connectivity index (χ1) is 15.4. The molecule has 3 aromatic rings. The minimum Gasteiger partial charge on any atom is -0.337 e. The van der Waals surface area contributed by atoms with Gasteiger partial charge in [-0.05, 0) is 38.0 Å². The normalized spacial score (nSPS) is 19.3. The summed E-state index contributed by atoms with van der Waals surface area (Å²) in [5.74, 6) is 0.203. The van der Waals surface area contributed by atoms with E-state index >= 15 is 0 Å². The van der Waals surface area contributed by atoms with E-state index in [1.165, 1.54) is 16.7 Å². The quantitative estimate of drug-likeness (QED) is 0.602. The molecule has 1 saturated heterocycles. The van der Waals surface area contributed by atoms with Gasteiger partial charge in [0.25, 0.3) is 5.56 Å². The highest BCUT2D eigenvalue weighted by Crippen LogP contribution is 2.33. The van der Waals surface area contributed by atoms with Crippen molar-refractivity contribution in [2.45, 2.75) is 31.8 Å². The number of hydrogen-bond donors (Lipinski definition) is 0. The number of aryl methyl sites for hydroxylation is 1. The van der Waals surface area contributed by atoms with Gasteiger partial charge in [-0.15, -0.1) is 0 Å². The molecule has 0 radical (unpaired) electrons. The van der Waals surface area contributed by atoms with Crippen molar-refractivity contribution in [2.24, 2.45) is 7.05 Å². The lowest BCUT2D eigenvalue weighted by Crippen LogP contribution is -2.54. The Balaban J connectivity index is 1.67. The minimum absolute atomic E-state index is 0.116. The van der Waals surface area contributed by atoms with Gasteiger partial charge < -0.3 is 4.90 Å². The Bertz CT molecular complexity index is 1330. The van der Waals surface area contributed by atoms with Crippen LogP contribution in [0.5, 0.6) is 0 Å². The molecular formula is C22H21ClFN7O. The van der Waals surface area contributed by atoms with Crippen LogP contribution in [-0.2, 0) is 7.05 Å². The highest BCUT2D eigenvalue weighted by molar-refractivity contribution is 6.30. The molecule has 1 atom stereocenters. The first-order valence-corrected chi connectivity index (χ1v) is 10.9. The van der Waals surface area contributed by atoms with Crippen molar-refractivity contribution >= 4 is 28.6 Å². The van der Waals surface area contributed by atoms with Crippen molar-refractivity contribution in [2.75, 3.05) is 24.5 Å². The van der Waals surface area contributed by atoms with Crippen molar-refractivity contribution < 1.29 is 4.39 Å². The Labute approximate surface area is 188 Å².